The van der Waals surface area contributed by atoms with Gasteiger partial charge in [0.15, 0.2) is 0 Å². The van der Waals surface area contributed by atoms with Gasteiger partial charge in [-0.05, 0) is 36.5 Å². The van der Waals surface area contributed by atoms with E-state index in [-0.39, 0.29) is 6.61 Å². The Morgan fingerprint density at radius 3 is 2.95 bits per heavy atom. The van der Waals surface area contributed by atoms with Crippen molar-refractivity contribution in [3.8, 4) is 5.75 Å². The van der Waals surface area contributed by atoms with Crippen molar-refractivity contribution in [2.75, 3.05) is 13.2 Å². The standard InChI is InChI=1S/C16H24ClNO2/c1-16(2)8-4-7-15(16)18-10-13(19)11-20-14-6-3-5-12(17)9-14/h3,5-6,9,13,15,18-19H,4,7-8,10-11H2,1-2H3. The van der Waals surface area contributed by atoms with Crippen LogP contribution in [0.2, 0.25) is 5.02 Å². The Bertz CT molecular complexity index is 436. The van der Waals surface area contributed by atoms with Crippen molar-refractivity contribution < 1.29 is 9.84 Å². The minimum atomic E-state index is -0.509. The molecule has 0 amide bonds. The topological polar surface area (TPSA) is 41.5 Å². The van der Waals surface area contributed by atoms with E-state index >= 15 is 0 Å². The van der Waals surface area contributed by atoms with Gasteiger partial charge in [-0.3, -0.25) is 0 Å². The van der Waals surface area contributed by atoms with Crippen LogP contribution in [0.1, 0.15) is 33.1 Å². The molecule has 0 heterocycles. The fraction of sp³-hybridized carbons (Fsp3) is 0.625. The molecule has 0 radical (unpaired) electrons. The van der Waals surface area contributed by atoms with Gasteiger partial charge in [-0.2, -0.15) is 0 Å². The minimum absolute atomic E-state index is 0.278. The minimum Gasteiger partial charge on any atom is -0.491 e. The van der Waals surface area contributed by atoms with Crippen molar-refractivity contribution in [1.29, 1.82) is 0 Å². The lowest BCUT2D eigenvalue weighted by Gasteiger charge is -2.28. The molecule has 112 valence electrons. The zero-order valence-corrected chi connectivity index (χ0v) is 13.0. The van der Waals surface area contributed by atoms with Crippen molar-refractivity contribution in [3.63, 3.8) is 0 Å². The number of hydrogen-bond acceptors (Lipinski definition) is 3. The first-order valence-corrected chi connectivity index (χ1v) is 7.65. The Kier molecular flexibility index (Phi) is 5.30. The lowest BCUT2D eigenvalue weighted by Crippen LogP contribution is -2.43. The summed E-state index contributed by atoms with van der Waals surface area (Å²) < 4.78 is 5.54. The molecule has 0 aliphatic heterocycles. The maximum Gasteiger partial charge on any atom is 0.120 e. The summed E-state index contributed by atoms with van der Waals surface area (Å²) in [6, 6.07) is 7.72. The van der Waals surface area contributed by atoms with E-state index in [0.29, 0.717) is 28.8 Å². The average Bonchev–Trinajstić information content (AvgIpc) is 2.73. The Balaban J connectivity index is 1.72. The van der Waals surface area contributed by atoms with E-state index in [9.17, 15) is 5.11 Å². The van der Waals surface area contributed by atoms with Crippen LogP contribution >= 0.6 is 11.6 Å². The number of rotatable bonds is 6. The van der Waals surface area contributed by atoms with E-state index < -0.39 is 6.10 Å². The van der Waals surface area contributed by atoms with Gasteiger partial charge in [0.2, 0.25) is 0 Å². The number of aliphatic hydroxyl groups is 1. The summed E-state index contributed by atoms with van der Waals surface area (Å²) in [6.07, 6.45) is 3.19. The van der Waals surface area contributed by atoms with Crippen molar-refractivity contribution in [2.45, 2.75) is 45.3 Å². The van der Waals surface area contributed by atoms with Crippen molar-refractivity contribution >= 4 is 11.6 Å². The number of aliphatic hydroxyl groups excluding tert-OH is 1. The van der Waals surface area contributed by atoms with Gasteiger partial charge in [0, 0.05) is 17.6 Å². The molecular weight excluding hydrogens is 274 g/mol. The van der Waals surface area contributed by atoms with Crippen LogP contribution in [-0.4, -0.2) is 30.4 Å². The van der Waals surface area contributed by atoms with Crippen LogP contribution < -0.4 is 10.1 Å². The molecule has 2 atom stereocenters. The van der Waals surface area contributed by atoms with Crippen molar-refractivity contribution in [3.05, 3.63) is 29.3 Å². The highest BCUT2D eigenvalue weighted by Gasteiger charge is 2.34. The van der Waals surface area contributed by atoms with Gasteiger partial charge >= 0.3 is 0 Å². The molecule has 2 unspecified atom stereocenters. The number of nitrogens with one attached hydrogen (secondary N) is 1. The Hall–Kier alpha value is -0.770. The van der Waals surface area contributed by atoms with Crippen LogP contribution in [0.25, 0.3) is 0 Å². The Morgan fingerprint density at radius 2 is 2.30 bits per heavy atom. The van der Waals surface area contributed by atoms with Crippen LogP contribution in [0.5, 0.6) is 5.75 Å². The first-order valence-electron chi connectivity index (χ1n) is 7.27. The normalized spacial score (nSPS) is 22.7. The van der Waals surface area contributed by atoms with Gasteiger partial charge in [0.05, 0.1) is 0 Å². The molecule has 2 rings (SSSR count). The van der Waals surface area contributed by atoms with E-state index in [1.54, 1.807) is 12.1 Å². The summed E-state index contributed by atoms with van der Waals surface area (Å²) in [6.45, 7) is 5.41. The SMILES string of the molecule is CC1(C)CCCC1NCC(O)COc1cccc(Cl)c1. The molecule has 1 aliphatic carbocycles. The summed E-state index contributed by atoms with van der Waals surface area (Å²) in [5.41, 5.74) is 0.327. The first kappa shape index (κ1) is 15.6. The summed E-state index contributed by atoms with van der Waals surface area (Å²) in [4.78, 5) is 0. The largest absolute Gasteiger partial charge is 0.491 e. The fourth-order valence-electron chi connectivity index (χ4n) is 2.79. The third-order valence-corrected chi connectivity index (χ3v) is 4.33. The van der Waals surface area contributed by atoms with Gasteiger partial charge in [0.25, 0.3) is 0 Å². The van der Waals surface area contributed by atoms with Gasteiger partial charge < -0.3 is 15.2 Å². The zero-order chi connectivity index (χ0) is 14.6. The quantitative estimate of drug-likeness (QED) is 0.847. The van der Waals surface area contributed by atoms with Crippen LogP contribution in [0, 0.1) is 5.41 Å². The monoisotopic (exact) mass is 297 g/mol. The highest BCUT2D eigenvalue weighted by atomic mass is 35.5. The second kappa shape index (κ2) is 6.79. The second-order valence-electron chi connectivity index (χ2n) is 6.26. The molecule has 20 heavy (non-hydrogen) atoms. The molecule has 0 saturated heterocycles. The predicted molar refractivity (Wildman–Crippen MR) is 82.4 cm³/mol. The molecule has 4 heteroatoms. The molecule has 3 nitrogen and oxygen atoms in total. The molecule has 1 aromatic carbocycles. The third kappa shape index (κ3) is 4.37. The maximum atomic E-state index is 9.99. The van der Waals surface area contributed by atoms with E-state index in [0.717, 1.165) is 0 Å². The molecule has 2 N–H and O–H groups in total. The van der Waals surface area contributed by atoms with Gasteiger partial charge in [-0.1, -0.05) is 37.9 Å². The molecule has 1 saturated carbocycles. The maximum absolute atomic E-state index is 9.99. The molecule has 1 fully saturated rings. The van der Waals surface area contributed by atoms with Crippen LogP contribution in [0.3, 0.4) is 0 Å². The van der Waals surface area contributed by atoms with Crippen LogP contribution in [-0.2, 0) is 0 Å². The van der Waals surface area contributed by atoms with Crippen LogP contribution in [0.15, 0.2) is 24.3 Å². The van der Waals surface area contributed by atoms with Crippen molar-refractivity contribution in [2.24, 2.45) is 5.41 Å². The van der Waals surface area contributed by atoms with E-state index in [1.165, 1.54) is 19.3 Å². The van der Waals surface area contributed by atoms with E-state index in [4.69, 9.17) is 16.3 Å². The molecular formula is C16H24ClNO2. The highest BCUT2D eigenvalue weighted by molar-refractivity contribution is 6.30. The summed E-state index contributed by atoms with van der Waals surface area (Å²) in [5, 5.41) is 14.1. The smallest absolute Gasteiger partial charge is 0.120 e. The number of halogens is 1. The number of benzene rings is 1. The average molecular weight is 298 g/mol. The molecule has 1 aliphatic rings. The lowest BCUT2D eigenvalue weighted by molar-refractivity contribution is 0.0986. The molecule has 1 aromatic rings. The van der Waals surface area contributed by atoms with Crippen LogP contribution in [0.4, 0.5) is 0 Å². The molecule has 0 spiro atoms. The zero-order valence-electron chi connectivity index (χ0n) is 12.2. The van der Waals surface area contributed by atoms with Gasteiger partial charge in [0.1, 0.15) is 18.5 Å². The summed E-state index contributed by atoms with van der Waals surface area (Å²) >= 11 is 5.88. The first-order chi connectivity index (χ1) is 9.47. The third-order valence-electron chi connectivity index (χ3n) is 4.10. The molecule has 0 bridgehead atoms. The predicted octanol–water partition coefficient (Wildman–Crippen LogP) is 3.25. The van der Waals surface area contributed by atoms with Crippen molar-refractivity contribution in [1.82, 2.24) is 5.32 Å². The fourth-order valence-corrected chi connectivity index (χ4v) is 2.97. The van der Waals surface area contributed by atoms with Gasteiger partial charge in [-0.25, -0.2) is 0 Å². The van der Waals surface area contributed by atoms with E-state index in [1.807, 2.05) is 12.1 Å². The number of ether oxygens (including phenoxy) is 1. The van der Waals surface area contributed by atoms with Gasteiger partial charge in [-0.15, -0.1) is 0 Å². The molecule has 0 aromatic heterocycles. The highest BCUT2D eigenvalue weighted by Crippen LogP contribution is 2.37. The summed E-state index contributed by atoms with van der Waals surface area (Å²) in [7, 11) is 0. The van der Waals surface area contributed by atoms with E-state index in [2.05, 4.69) is 19.2 Å². The lowest BCUT2D eigenvalue weighted by atomic mass is 9.87. The number of hydrogen-bond donors (Lipinski definition) is 2. The Labute approximate surface area is 126 Å². The summed E-state index contributed by atoms with van der Waals surface area (Å²) in [5.74, 6) is 0.692. The Morgan fingerprint density at radius 1 is 1.50 bits per heavy atom. The second-order valence-corrected chi connectivity index (χ2v) is 6.70.